The molecule has 2 aliphatic rings. The third-order valence-electron chi connectivity index (χ3n) is 7.10. The number of nitrogens with zero attached hydrogens (tertiary/aromatic N) is 4. The molecule has 2 aliphatic carbocycles. The maximum absolute atomic E-state index is 12.1. The summed E-state index contributed by atoms with van der Waals surface area (Å²) in [5, 5.41) is 20.4. The number of rotatable bonds is 9. The second-order valence-electron chi connectivity index (χ2n) is 9.97. The Labute approximate surface area is 215 Å². The van der Waals surface area contributed by atoms with Crippen molar-refractivity contribution in [3.05, 3.63) is 78.2 Å². The molecule has 0 radical (unpaired) electrons. The molecular weight excluding hydrogens is 464 g/mol. The van der Waals surface area contributed by atoms with E-state index in [-0.39, 0.29) is 11.8 Å². The topological polar surface area (TPSA) is 104 Å². The molecule has 4 aromatic rings. The highest BCUT2D eigenvalue weighted by atomic mass is 16.5. The number of nitrogens with one attached hydrogen (secondary N) is 2. The number of carbonyl (C=O) groups is 1. The van der Waals surface area contributed by atoms with E-state index >= 15 is 0 Å². The van der Waals surface area contributed by atoms with Crippen LogP contribution in [0, 0.1) is 23.2 Å². The Morgan fingerprint density at radius 1 is 1.14 bits per heavy atom. The molecule has 0 saturated heterocycles. The van der Waals surface area contributed by atoms with Gasteiger partial charge in [-0.1, -0.05) is 30.3 Å². The number of anilines is 1. The van der Waals surface area contributed by atoms with Gasteiger partial charge in [-0.3, -0.25) is 4.79 Å². The van der Waals surface area contributed by atoms with Crippen LogP contribution in [-0.4, -0.2) is 33.2 Å². The van der Waals surface area contributed by atoms with Crippen LogP contribution < -0.4 is 15.4 Å². The molecule has 2 saturated carbocycles. The Hall–Kier alpha value is -4.22. The Morgan fingerprint density at radius 3 is 2.76 bits per heavy atom. The first-order valence-electron chi connectivity index (χ1n) is 12.8. The van der Waals surface area contributed by atoms with Crippen molar-refractivity contribution in [3.63, 3.8) is 0 Å². The average Bonchev–Trinajstić information content (AvgIpc) is 3.68. The Morgan fingerprint density at radius 2 is 1.97 bits per heavy atom. The molecule has 186 valence electrons. The van der Waals surface area contributed by atoms with Gasteiger partial charge in [-0.25, -0.2) is 9.50 Å². The summed E-state index contributed by atoms with van der Waals surface area (Å²) >= 11 is 0. The zero-order valence-corrected chi connectivity index (χ0v) is 20.4. The van der Waals surface area contributed by atoms with Crippen molar-refractivity contribution in [1.29, 1.82) is 5.26 Å². The fraction of sp³-hybridized carbons (Fsp3) is 0.310. The summed E-state index contributed by atoms with van der Waals surface area (Å²) in [5.41, 5.74) is 4.19. The Balaban J connectivity index is 1.12. The van der Waals surface area contributed by atoms with Crippen molar-refractivity contribution in [2.45, 2.75) is 38.3 Å². The average molecular weight is 493 g/mol. The first-order valence-corrected chi connectivity index (χ1v) is 12.8. The van der Waals surface area contributed by atoms with E-state index in [2.05, 4.69) is 51.1 Å². The minimum absolute atomic E-state index is 0.0283. The SMILES string of the molecule is N#Cc1cc(-c2ccn3nc(NC(=O)C4CC4)cc3c2)c(OCC2CC(NCc3ccccc3)C2)cn1. The van der Waals surface area contributed by atoms with Crippen LogP contribution >= 0.6 is 0 Å². The molecule has 8 heteroatoms. The number of benzene rings is 1. The molecular formula is C29H28N6O2. The van der Waals surface area contributed by atoms with Gasteiger partial charge >= 0.3 is 0 Å². The molecule has 0 bridgehead atoms. The molecule has 37 heavy (non-hydrogen) atoms. The fourth-order valence-electron chi connectivity index (χ4n) is 4.75. The maximum atomic E-state index is 12.1. The van der Waals surface area contributed by atoms with Gasteiger partial charge in [0.25, 0.3) is 0 Å². The van der Waals surface area contributed by atoms with Crippen LogP contribution in [0.3, 0.4) is 0 Å². The quantitative estimate of drug-likeness (QED) is 0.355. The minimum atomic E-state index is 0.0283. The van der Waals surface area contributed by atoms with Crippen molar-refractivity contribution >= 4 is 17.2 Å². The summed E-state index contributed by atoms with van der Waals surface area (Å²) in [5.74, 6) is 1.82. The van der Waals surface area contributed by atoms with Gasteiger partial charge in [0.15, 0.2) is 5.82 Å². The summed E-state index contributed by atoms with van der Waals surface area (Å²) in [4.78, 5) is 16.4. The van der Waals surface area contributed by atoms with E-state index in [0.717, 1.165) is 48.9 Å². The number of amides is 1. The smallest absolute Gasteiger partial charge is 0.228 e. The molecule has 6 rings (SSSR count). The summed E-state index contributed by atoms with van der Waals surface area (Å²) in [6, 6.07) is 20.6. The van der Waals surface area contributed by atoms with Gasteiger partial charge in [-0.05, 0) is 60.9 Å². The largest absolute Gasteiger partial charge is 0.491 e. The number of hydrogen-bond acceptors (Lipinski definition) is 6. The lowest BCUT2D eigenvalue weighted by Gasteiger charge is -2.36. The van der Waals surface area contributed by atoms with E-state index in [4.69, 9.17) is 4.74 Å². The van der Waals surface area contributed by atoms with Crippen LogP contribution in [0.25, 0.3) is 16.6 Å². The van der Waals surface area contributed by atoms with E-state index in [0.29, 0.717) is 35.8 Å². The number of hydrogen-bond donors (Lipinski definition) is 2. The van der Waals surface area contributed by atoms with Gasteiger partial charge < -0.3 is 15.4 Å². The molecule has 0 unspecified atom stereocenters. The molecule has 1 amide bonds. The lowest BCUT2D eigenvalue weighted by Crippen LogP contribution is -2.42. The summed E-state index contributed by atoms with van der Waals surface area (Å²) in [6.45, 7) is 1.49. The lowest BCUT2D eigenvalue weighted by atomic mass is 9.81. The summed E-state index contributed by atoms with van der Waals surface area (Å²) in [6.07, 6.45) is 7.52. The molecule has 3 heterocycles. The monoisotopic (exact) mass is 492 g/mol. The first kappa shape index (κ1) is 23.2. The van der Waals surface area contributed by atoms with Crippen LogP contribution in [0.5, 0.6) is 5.75 Å². The van der Waals surface area contributed by atoms with Crippen molar-refractivity contribution < 1.29 is 9.53 Å². The van der Waals surface area contributed by atoms with Crippen molar-refractivity contribution in [3.8, 4) is 22.9 Å². The molecule has 2 fully saturated rings. The van der Waals surface area contributed by atoms with E-state index in [1.807, 2.05) is 30.5 Å². The van der Waals surface area contributed by atoms with Gasteiger partial charge in [0, 0.05) is 36.3 Å². The number of aromatic nitrogens is 3. The van der Waals surface area contributed by atoms with Gasteiger partial charge in [0.2, 0.25) is 5.91 Å². The van der Waals surface area contributed by atoms with Crippen molar-refractivity contribution in [2.75, 3.05) is 11.9 Å². The third-order valence-corrected chi connectivity index (χ3v) is 7.10. The molecule has 8 nitrogen and oxygen atoms in total. The molecule has 1 aromatic carbocycles. The molecule has 0 aliphatic heterocycles. The first-order chi connectivity index (χ1) is 18.1. The van der Waals surface area contributed by atoms with Crippen LogP contribution in [0.2, 0.25) is 0 Å². The summed E-state index contributed by atoms with van der Waals surface area (Å²) < 4.78 is 7.96. The minimum Gasteiger partial charge on any atom is -0.491 e. The van der Waals surface area contributed by atoms with Crippen LogP contribution in [-0.2, 0) is 11.3 Å². The third kappa shape index (κ3) is 5.32. The van der Waals surface area contributed by atoms with Gasteiger partial charge in [0.05, 0.1) is 18.3 Å². The van der Waals surface area contributed by atoms with Crippen molar-refractivity contribution in [2.24, 2.45) is 11.8 Å². The standard InChI is InChI=1S/C29H28N6O2/c30-15-24-13-26(22-8-9-35-25(12-22)14-28(34-35)33-29(36)21-6-7-21)27(17-32-24)37-18-20-10-23(11-20)31-16-19-4-2-1-3-5-19/h1-5,8-9,12-14,17,20-21,23,31H,6-7,10-11,16,18H2,(H,33,34,36). The van der Waals surface area contributed by atoms with E-state index in [1.54, 1.807) is 16.8 Å². The second-order valence-corrected chi connectivity index (χ2v) is 9.97. The number of pyridine rings is 2. The lowest BCUT2D eigenvalue weighted by molar-refractivity contribution is -0.117. The summed E-state index contributed by atoms with van der Waals surface area (Å²) in [7, 11) is 0. The highest BCUT2D eigenvalue weighted by Crippen LogP contribution is 2.34. The van der Waals surface area contributed by atoms with Crippen molar-refractivity contribution in [1.82, 2.24) is 19.9 Å². The highest BCUT2D eigenvalue weighted by molar-refractivity contribution is 5.93. The fourth-order valence-corrected chi connectivity index (χ4v) is 4.75. The Bertz CT molecular complexity index is 1470. The number of carbonyl (C=O) groups excluding carboxylic acids is 1. The van der Waals surface area contributed by atoms with Gasteiger partial charge in [0.1, 0.15) is 17.5 Å². The van der Waals surface area contributed by atoms with E-state index in [9.17, 15) is 10.1 Å². The van der Waals surface area contributed by atoms with E-state index < -0.39 is 0 Å². The predicted molar refractivity (Wildman–Crippen MR) is 140 cm³/mol. The van der Waals surface area contributed by atoms with Crippen LogP contribution in [0.1, 0.15) is 36.9 Å². The van der Waals surface area contributed by atoms with Gasteiger partial charge in [-0.15, -0.1) is 0 Å². The Kier molecular flexibility index (Phi) is 6.29. The van der Waals surface area contributed by atoms with Crippen LogP contribution in [0.4, 0.5) is 5.82 Å². The van der Waals surface area contributed by atoms with E-state index in [1.165, 1.54) is 5.56 Å². The van der Waals surface area contributed by atoms with Gasteiger partial charge in [-0.2, -0.15) is 10.4 Å². The highest BCUT2D eigenvalue weighted by Gasteiger charge is 2.30. The molecule has 0 spiro atoms. The predicted octanol–water partition coefficient (Wildman–Crippen LogP) is 4.56. The number of nitriles is 1. The van der Waals surface area contributed by atoms with Crippen LogP contribution in [0.15, 0.2) is 67.0 Å². The molecule has 0 atom stereocenters. The number of fused-ring (bicyclic) bond motifs is 1. The number of ether oxygens (including phenoxy) is 1. The maximum Gasteiger partial charge on any atom is 0.228 e. The molecule has 3 aromatic heterocycles. The zero-order valence-electron chi connectivity index (χ0n) is 20.4. The normalized spacial score (nSPS) is 18.7. The zero-order chi connectivity index (χ0) is 25.2. The molecule has 2 N–H and O–H groups in total. The second kappa shape index (κ2) is 10.0.